The fourth-order valence-corrected chi connectivity index (χ4v) is 4.79. The number of rotatable bonds is 4. The first kappa shape index (κ1) is 21.8. The topological polar surface area (TPSA) is 62.2 Å². The molecule has 0 saturated heterocycles. The fraction of sp³-hybridized carbons (Fsp3) is 0.524. The highest BCUT2D eigenvalue weighted by Crippen LogP contribution is 2.43. The van der Waals surface area contributed by atoms with Crippen molar-refractivity contribution in [3.05, 3.63) is 35.0 Å². The number of fused-ring (bicyclic) bond motifs is 1. The predicted octanol–water partition coefficient (Wildman–Crippen LogP) is 5.37. The minimum absolute atomic E-state index is 0.0661. The minimum atomic E-state index is -4.17. The van der Waals surface area contributed by atoms with Gasteiger partial charge < -0.3 is 10.6 Å². The van der Waals surface area contributed by atoms with Gasteiger partial charge in [-0.2, -0.15) is 13.2 Å². The molecule has 168 valence electrons. The number of carbonyl (C=O) groups is 1. The molecule has 1 aliphatic carbocycles. The van der Waals surface area contributed by atoms with E-state index in [-0.39, 0.29) is 24.7 Å². The zero-order valence-electron chi connectivity index (χ0n) is 17.3. The molecule has 2 N–H and O–H groups in total. The van der Waals surface area contributed by atoms with Gasteiger partial charge in [0.05, 0.1) is 5.92 Å². The van der Waals surface area contributed by atoms with E-state index in [0.717, 1.165) is 0 Å². The van der Waals surface area contributed by atoms with Crippen molar-refractivity contribution in [1.29, 1.82) is 0 Å². The maximum absolute atomic E-state index is 13.5. The summed E-state index contributed by atoms with van der Waals surface area (Å²) in [5, 5.41) is 6.98. The number of imidazole rings is 1. The molecule has 1 saturated carbocycles. The van der Waals surface area contributed by atoms with Gasteiger partial charge in [0.1, 0.15) is 12.0 Å². The fourth-order valence-electron chi connectivity index (χ4n) is 4.66. The van der Waals surface area contributed by atoms with Crippen LogP contribution in [0.1, 0.15) is 43.1 Å². The number of nitrogens with one attached hydrogen (secondary N) is 2. The summed E-state index contributed by atoms with van der Waals surface area (Å²) in [6.45, 7) is 2.54. The van der Waals surface area contributed by atoms with Crippen molar-refractivity contribution >= 4 is 35.0 Å². The van der Waals surface area contributed by atoms with Gasteiger partial charge in [0.2, 0.25) is 5.95 Å². The third kappa shape index (κ3) is 3.95. The van der Waals surface area contributed by atoms with Crippen LogP contribution in [0.4, 0.5) is 30.6 Å². The van der Waals surface area contributed by atoms with E-state index in [2.05, 4.69) is 15.6 Å². The highest BCUT2D eigenvalue weighted by atomic mass is 35.5. The molecule has 1 amide bonds. The largest absolute Gasteiger partial charge is 0.391 e. The average molecular weight is 456 g/mol. The first-order valence-corrected chi connectivity index (χ1v) is 10.8. The second kappa shape index (κ2) is 8.26. The number of halogens is 4. The predicted molar refractivity (Wildman–Crippen MR) is 115 cm³/mol. The van der Waals surface area contributed by atoms with Crippen molar-refractivity contribution in [2.24, 2.45) is 11.8 Å². The SMILES string of the molecule is CCn1c(NC)nc2c1NC(C1CCC(C(F)(F)F)CC1)N(c1ccc(Cl)cc1)C2=O. The number of amides is 1. The molecule has 1 unspecified atom stereocenters. The van der Waals surface area contributed by atoms with E-state index in [1.807, 2.05) is 11.5 Å². The lowest BCUT2D eigenvalue weighted by atomic mass is 9.79. The number of carbonyl (C=O) groups excluding carboxylic acids is 1. The summed E-state index contributed by atoms with van der Waals surface area (Å²) in [4.78, 5) is 19.6. The monoisotopic (exact) mass is 455 g/mol. The Hall–Kier alpha value is -2.42. The van der Waals surface area contributed by atoms with Crippen LogP contribution in [-0.2, 0) is 6.54 Å². The van der Waals surface area contributed by atoms with Gasteiger partial charge in [-0.25, -0.2) is 4.98 Å². The summed E-state index contributed by atoms with van der Waals surface area (Å²) >= 11 is 6.02. The molecule has 0 bridgehead atoms. The molecule has 1 aromatic carbocycles. The standard InChI is InChI=1S/C21H25ClF3N5O/c1-3-29-18-16(27-20(29)26-2)19(31)30(15-10-8-14(22)9-11-15)17(28-18)12-4-6-13(7-5-12)21(23,24)25/h8-13,17,28H,3-7H2,1-2H3,(H,26,27). The van der Waals surface area contributed by atoms with Crippen LogP contribution < -0.4 is 15.5 Å². The van der Waals surface area contributed by atoms with Gasteiger partial charge in [0.25, 0.3) is 5.91 Å². The van der Waals surface area contributed by atoms with Crippen LogP contribution in [0.25, 0.3) is 0 Å². The van der Waals surface area contributed by atoms with Crippen LogP contribution >= 0.6 is 11.6 Å². The smallest absolute Gasteiger partial charge is 0.359 e. The number of aromatic nitrogens is 2. The lowest BCUT2D eigenvalue weighted by molar-refractivity contribution is -0.184. The number of anilines is 3. The van der Waals surface area contributed by atoms with Gasteiger partial charge in [0, 0.05) is 24.3 Å². The van der Waals surface area contributed by atoms with Crippen LogP contribution in [-0.4, -0.2) is 34.8 Å². The second-order valence-corrected chi connectivity index (χ2v) is 8.46. The first-order valence-electron chi connectivity index (χ1n) is 10.4. The minimum Gasteiger partial charge on any atom is -0.359 e. The average Bonchev–Trinajstić information content (AvgIpc) is 3.12. The first-order chi connectivity index (χ1) is 14.7. The highest BCUT2D eigenvalue weighted by molar-refractivity contribution is 6.30. The van der Waals surface area contributed by atoms with Gasteiger partial charge in [-0.05, 0) is 62.8 Å². The van der Waals surface area contributed by atoms with Gasteiger partial charge in [-0.1, -0.05) is 11.6 Å². The Morgan fingerprint density at radius 1 is 1.19 bits per heavy atom. The number of hydrogen-bond acceptors (Lipinski definition) is 4. The van der Waals surface area contributed by atoms with Crippen LogP contribution in [0, 0.1) is 11.8 Å². The molecule has 1 aromatic heterocycles. The third-order valence-electron chi connectivity index (χ3n) is 6.28. The zero-order chi connectivity index (χ0) is 22.3. The van der Waals surface area contributed by atoms with E-state index in [9.17, 15) is 18.0 Å². The summed E-state index contributed by atoms with van der Waals surface area (Å²) in [5.41, 5.74) is 0.925. The van der Waals surface area contributed by atoms with Gasteiger partial charge >= 0.3 is 6.18 Å². The van der Waals surface area contributed by atoms with Crippen molar-refractivity contribution in [1.82, 2.24) is 9.55 Å². The Balaban J connectivity index is 1.71. The number of hydrogen-bond donors (Lipinski definition) is 2. The Morgan fingerprint density at radius 2 is 1.84 bits per heavy atom. The molecule has 10 heteroatoms. The Labute approximate surface area is 183 Å². The van der Waals surface area contributed by atoms with E-state index in [1.165, 1.54) is 0 Å². The molecule has 2 aromatic rings. The Morgan fingerprint density at radius 3 is 2.39 bits per heavy atom. The lowest BCUT2D eigenvalue weighted by Crippen LogP contribution is -2.54. The van der Waals surface area contributed by atoms with E-state index < -0.39 is 18.3 Å². The number of alkyl halides is 3. The zero-order valence-corrected chi connectivity index (χ0v) is 18.1. The second-order valence-electron chi connectivity index (χ2n) is 8.02. The van der Waals surface area contributed by atoms with E-state index >= 15 is 0 Å². The van der Waals surface area contributed by atoms with E-state index in [1.54, 1.807) is 36.2 Å². The quantitative estimate of drug-likeness (QED) is 0.651. The summed E-state index contributed by atoms with van der Waals surface area (Å²) in [5.74, 6) is -0.511. The Kier molecular flexibility index (Phi) is 5.81. The van der Waals surface area contributed by atoms with Crippen molar-refractivity contribution in [3.8, 4) is 0 Å². The van der Waals surface area contributed by atoms with Crippen LogP contribution in [0.3, 0.4) is 0 Å². The maximum atomic E-state index is 13.5. The van der Waals surface area contributed by atoms with Crippen molar-refractivity contribution in [2.75, 3.05) is 22.6 Å². The lowest BCUT2D eigenvalue weighted by Gasteiger charge is -2.43. The van der Waals surface area contributed by atoms with Crippen LogP contribution in [0.2, 0.25) is 5.02 Å². The molecule has 0 spiro atoms. The molecular weight excluding hydrogens is 431 g/mol. The van der Waals surface area contributed by atoms with Crippen LogP contribution in [0.5, 0.6) is 0 Å². The van der Waals surface area contributed by atoms with Crippen molar-refractivity contribution in [3.63, 3.8) is 0 Å². The summed E-state index contributed by atoms with van der Waals surface area (Å²) < 4.78 is 41.4. The normalized spacial score (nSPS) is 24.0. The van der Waals surface area contributed by atoms with Gasteiger partial charge in [-0.3, -0.25) is 14.3 Å². The summed E-state index contributed by atoms with van der Waals surface area (Å²) in [7, 11) is 1.73. The van der Waals surface area contributed by atoms with Crippen molar-refractivity contribution < 1.29 is 18.0 Å². The number of benzene rings is 1. The molecule has 31 heavy (non-hydrogen) atoms. The number of nitrogens with zero attached hydrogens (tertiary/aromatic N) is 3. The van der Waals surface area contributed by atoms with Crippen LogP contribution in [0.15, 0.2) is 24.3 Å². The third-order valence-corrected chi connectivity index (χ3v) is 6.53. The molecule has 0 radical (unpaired) electrons. The van der Waals surface area contributed by atoms with E-state index in [0.29, 0.717) is 47.6 Å². The Bertz CT molecular complexity index is 951. The molecule has 2 aliphatic rings. The maximum Gasteiger partial charge on any atom is 0.391 e. The molecule has 2 heterocycles. The molecule has 1 aliphatic heterocycles. The van der Waals surface area contributed by atoms with Gasteiger partial charge in [0.15, 0.2) is 5.69 Å². The molecule has 1 atom stereocenters. The van der Waals surface area contributed by atoms with E-state index in [4.69, 9.17) is 11.6 Å². The van der Waals surface area contributed by atoms with Crippen molar-refractivity contribution in [2.45, 2.75) is 51.5 Å². The molecule has 4 rings (SSSR count). The summed E-state index contributed by atoms with van der Waals surface area (Å²) in [6.07, 6.45) is -3.75. The molecule has 6 nitrogen and oxygen atoms in total. The molecular formula is C21H25ClF3N5O. The summed E-state index contributed by atoms with van der Waals surface area (Å²) in [6, 6.07) is 6.88. The van der Waals surface area contributed by atoms with Gasteiger partial charge in [-0.15, -0.1) is 0 Å². The molecule has 1 fully saturated rings. The highest BCUT2D eigenvalue weighted by Gasteiger charge is 2.46.